The number of hydrogen-bond acceptors (Lipinski definition) is 4. The van der Waals surface area contributed by atoms with E-state index in [4.69, 9.17) is 4.42 Å². The van der Waals surface area contributed by atoms with Gasteiger partial charge in [-0.2, -0.15) is 0 Å². The van der Waals surface area contributed by atoms with Crippen LogP contribution in [0.5, 0.6) is 11.6 Å². The van der Waals surface area contributed by atoms with Gasteiger partial charge in [-0.15, -0.1) is 0 Å². The second-order valence-electron chi connectivity index (χ2n) is 6.31. The van der Waals surface area contributed by atoms with Gasteiger partial charge in [0.1, 0.15) is 5.76 Å². The Hall–Kier alpha value is -2.63. The van der Waals surface area contributed by atoms with Gasteiger partial charge >= 0.3 is 0 Å². The molecule has 0 unspecified atom stereocenters. The summed E-state index contributed by atoms with van der Waals surface area (Å²) in [6.07, 6.45) is 6.21. The zero-order chi connectivity index (χ0) is 17.3. The molecular formula is C18H23N3O3. The molecule has 0 aliphatic heterocycles. The average molecular weight is 329 g/mol. The molecule has 0 radical (unpaired) electrons. The minimum atomic E-state index is -0.103. The van der Waals surface area contributed by atoms with Crippen molar-refractivity contribution >= 4 is 0 Å². The second kappa shape index (κ2) is 6.47. The van der Waals surface area contributed by atoms with Crippen LogP contribution in [0.1, 0.15) is 37.5 Å². The molecule has 3 heterocycles. The summed E-state index contributed by atoms with van der Waals surface area (Å²) in [4.78, 5) is 4.03. The molecule has 0 saturated carbocycles. The third kappa shape index (κ3) is 2.91. The van der Waals surface area contributed by atoms with Crippen molar-refractivity contribution in [1.29, 1.82) is 0 Å². The van der Waals surface area contributed by atoms with Gasteiger partial charge in [-0.3, -0.25) is 0 Å². The lowest BCUT2D eigenvalue weighted by molar-refractivity contribution is 0.366. The van der Waals surface area contributed by atoms with E-state index in [-0.39, 0.29) is 17.5 Å². The highest BCUT2D eigenvalue weighted by atomic mass is 16.3. The molecule has 0 spiro atoms. The maximum atomic E-state index is 10.4. The fourth-order valence-electron chi connectivity index (χ4n) is 3.03. The van der Waals surface area contributed by atoms with E-state index in [0.717, 1.165) is 24.4 Å². The van der Waals surface area contributed by atoms with Crippen LogP contribution in [0.15, 0.2) is 35.3 Å². The summed E-state index contributed by atoms with van der Waals surface area (Å²) in [7, 11) is 0. The summed E-state index contributed by atoms with van der Waals surface area (Å²) >= 11 is 0. The first-order valence-corrected chi connectivity index (χ1v) is 8.16. The van der Waals surface area contributed by atoms with Gasteiger partial charge in [-0.25, -0.2) is 4.98 Å². The van der Waals surface area contributed by atoms with Gasteiger partial charge in [-0.1, -0.05) is 13.8 Å². The third-order valence-electron chi connectivity index (χ3n) is 4.16. The van der Waals surface area contributed by atoms with E-state index in [1.807, 2.05) is 43.7 Å². The lowest BCUT2D eigenvalue weighted by Gasteiger charge is -2.11. The van der Waals surface area contributed by atoms with Gasteiger partial charge in [0.05, 0.1) is 12.0 Å². The van der Waals surface area contributed by atoms with Crippen molar-refractivity contribution in [2.45, 2.75) is 46.2 Å². The number of nitrogens with zero attached hydrogens (tertiary/aromatic N) is 3. The Bertz CT molecular complexity index is 813. The van der Waals surface area contributed by atoms with Gasteiger partial charge < -0.3 is 23.8 Å². The molecule has 0 amide bonds. The van der Waals surface area contributed by atoms with Crippen molar-refractivity contribution in [3.8, 4) is 23.1 Å². The highest BCUT2D eigenvalue weighted by Crippen LogP contribution is 2.45. The van der Waals surface area contributed by atoms with Gasteiger partial charge in [0.15, 0.2) is 11.5 Å². The van der Waals surface area contributed by atoms with Gasteiger partial charge in [0.25, 0.3) is 0 Å². The summed E-state index contributed by atoms with van der Waals surface area (Å²) in [5, 5.41) is 20.8. The molecule has 0 bridgehead atoms. The quantitative estimate of drug-likeness (QED) is 0.719. The Balaban J connectivity index is 1.96. The number of aryl methyl sites for hydroxylation is 2. The van der Waals surface area contributed by atoms with E-state index in [1.165, 1.54) is 0 Å². The Morgan fingerprint density at radius 3 is 2.58 bits per heavy atom. The molecule has 3 aromatic heterocycles. The number of imidazole rings is 1. The standard InChI is InChI=1S/C18H23N3O3/c1-12(2)15-16(14-6-5-13(3)24-14)21(18(23)17(15)22)9-4-8-20-10-7-19-11-20/h5-7,10-12,22-23H,4,8-9H2,1-3H3. The summed E-state index contributed by atoms with van der Waals surface area (Å²) in [5.41, 5.74) is 1.46. The maximum absolute atomic E-state index is 10.4. The normalized spacial score (nSPS) is 11.5. The van der Waals surface area contributed by atoms with Crippen LogP contribution in [0.2, 0.25) is 0 Å². The van der Waals surface area contributed by atoms with E-state index in [1.54, 1.807) is 17.1 Å². The molecule has 0 fully saturated rings. The van der Waals surface area contributed by atoms with Crippen LogP contribution in [0, 0.1) is 6.92 Å². The van der Waals surface area contributed by atoms with Crippen LogP contribution >= 0.6 is 0 Å². The van der Waals surface area contributed by atoms with Gasteiger partial charge in [0, 0.05) is 31.0 Å². The highest BCUT2D eigenvalue weighted by Gasteiger charge is 2.26. The Labute approximate surface area is 141 Å². The van der Waals surface area contributed by atoms with Crippen LogP contribution in [0.25, 0.3) is 11.5 Å². The number of aromatic nitrogens is 3. The molecule has 0 atom stereocenters. The molecule has 0 aliphatic carbocycles. The van der Waals surface area contributed by atoms with Crippen LogP contribution in [0.3, 0.4) is 0 Å². The van der Waals surface area contributed by atoms with E-state index < -0.39 is 0 Å². The SMILES string of the molecule is Cc1ccc(-c2c(C(C)C)c(O)c(O)n2CCCn2ccnc2)o1. The molecule has 2 N–H and O–H groups in total. The molecular weight excluding hydrogens is 306 g/mol. The molecule has 3 rings (SSSR count). The summed E-state index contributed by atoms with van der Waals surface area (Å²) in [5.74, 6) is 1.36. The lowest BCUT2D eigenvalue weighted by Crippen LogP contribution is -2.05. The van der Waals surface area contributed by atoms with Gasteiger partial charge in [-0.05, 0) is 31.4 Å². The summed E-state index contributed by atoms with van der Waals surface area (Å²) in [6.45, 7) is 7.21. The Morgan fingerprint density at radius 2 is 2.00 bits per heavy atom. The zero-order valence-electron chi connectivity index (χ0n) is 14.2. The summed E-state index contributed by atoms with van der Waals surface area (Å²) < 4.78 is 9.49. The maximum Gasteiger partial charge on any atom is 0.235 e. The molecule has 0 aliphatic rings. The van der Waals surface area contributed by atoms with Crippen molar-refractivity contribution in [1.82, 2.24) is 14.1 Å². The largest absolute Gasteiger partial charge is 0.503 e. The minimum Gasteiger partial charge on any atom is -0.503 e. The van der Waals surface area contributed by atoms with Crippen molar-refractivity contribution < 1.29 is 14.6 Å². The van der Waals surface area contributed by atoms with Crippen molar-refractivity contribution in [2.24, 2.45) is 0 Å². The number of furan rings is 1. The molecule has 0 aromatic carbocycles. The Morgan fingerprint density at radius 1 is 1.21 bits per heavy atom. The molecule has 6 nitrogen and oxygen atoms in total. The fraction of sp³-hybridized carbons (Fsp3) is 0.389. The summed E-state index contributed by atoms with van der Waals surface area (Å²) in [6, 6.07) is 3.76. The van der Waals surface area contributed by atoms with E-state index in [0.29, 0.717) is 17.9 Å². The minimum absolute atomic E-state index is 0.0586. The predicted octanol–water partition coefficient (Wildman–Crippen LogP) is 3.88. The van der Waals surface area contributed by atoms with Crippen LogP contribution < -0.4 is 0 Å². The lowest BCUT2D eigenvalue weighted by atomic mass is 10.0. The Kier molecular flexibility index (Phi) is 4.38. The molecule has 0 saturated heterocycles. The van der Waals surface area contributed by atoms with Crippen LogP contribution in [-0.2, 0) is 13.1 Å². The van der Waals surface area contributed by atoms with Crippen molar-refractivity contribution in [3.63, 3.8) is 0 Å². The zero-order valence-corrected chi connectivity index (χ0v) is 14.2. The van der Waals surface area contributed by atoms with Crippen molar-refractivity contribution in [3.05, 3.63) is 42.2 Å². The van der Waals surface area contributed by atoms with Crippen LogP contribution in [-0.4, -0.2) is 24.3 Å². The number of rotatable bonds is 6. The molecule has 128 valence electrons. The van der Waals surface area contributed by atoms with Crippen molar-refractivity contribution in [2.75, 3.05) is 0 Å². The monoisotopic (exact) mass is 329 g/mol. The fourth-order valence-corrected chi connectivity index (χ4v) is 3.03. The highest BCUT2D eigenvalue weighted by molar-refractivity contribution is 5.68. The molecule has 6 heteroatoms. The van der Waals surface area contributed by atoms with E-state index in [9.17, 15) is 10.2 Å². The van der Waals surface area contributed by atoms with Gasteiger partial charge in [0.2, 0.25) is 5.88 Å². The topological polar surface area (TPSA) is 76.3 Å². The number of hydrogen-bond donors (Lipinski definition) is 2. The predicted molar refractivity (Wildman–Crippen MR) is 91.1 cm³/mol. The molecule has 3 aromatic rings. The molecule has 24 heavy (non-hydrogen) atoms. The van der Waals surface area contributed by atoms with E-state index in [2.05, 4.69) is 4.98 Å². The first kappa shape index (κ1) is 16.2. The van der Waals surface area contributed by atoms with E-state index >= 15 is 0 Å². The number of aromatic hydroxyl groups is 2. The average Bonchev–Trinajstić information content (AvgIpc) is 3.23. The smallest absolute Gasteiger partial charge is 0.235 e. The first-order chi connectivity index (χ1) is 11.5. The second-order valence-corrected chi connectivity index (χ2v) is 6.31. The first-order valence-electron chi connectivity index (χ1n) is 8.16. The van der Waals surface area contributed by atoms with Crippen LogP contribution in [0.4, 0.5) is 0 Å². The third-order valence-corrected chi connectivity index (χ3v) is 4.16.